The summed E-state index contributed by atoms with van der Waals surface area (Å²) in [5.74, 6) is 0. The molecule has 0 fully saturated rings. The number of rotatable bonds is 2. The molecule has 8 heteroatoms. The standard InChI is InChI=1S/C7H4N2O4S.Na/c8-4-5-1-2-6(9(10)11)3-7(5)14(12)13;/h1-3H,(H,12,13);/q;+1/p-1. The molecule has 0 radical (unpaired) electrons. The number of nitro benzene ring substituents is 1. The Balaban J connectivity index is 0.00000196. The number of benzene rings is 1. The van der Waals surface area contributed by atoms with Crippen molar-refractivity contribution < 1.29 is 43.2 Å². The largest absolute Gasteiger partial charge is 1.00 e. The van der Waals surface area contributed by atoms with E-state index in [0.717, 1.165) is 18.2 Å². The maximum atomic E-state index is 10.6. The van der Waals surface area contributed by atoms with Gasteiger partial charge in [-0.2, -0.15) is 5.26 Å². The van der Waals surface area contributed by atoms with Crippen LogP contribution < -0.4 is 29.6 Å². The minimum atomic E-state index is -2.64. The van der Waals surface area contributed by atoms with Crippen LogP contribution in [0.4, 0.5) is 5.69 Å². The van der Waals surface area contributed by atoms with Crippen molar-refractivity contribution in [3.05, 3.63) is 33.9 Å². The molecule has 0 aliphatic carbocycles. The van der Waals surface area contributed by atoms with Crippen LogP contribution in [0.2, 0.25) is 0 Å². The van der Waals surface area contributed by atoms with E-state index in [9.17, 15) is 18.9 Å². The molecule has 0 N–H and O–H groups in total. The smallest absolute Gasteiger partial charge is 0.768 e. The summed E-state index contributed by atoms with van der Waals surface area (Å²) >= 11 is -2.64. The summed E-state index contributed by atoms with van der Waals surface area (Å²) in [4.78, 5) is 9.21. The van der Waals surface area contributed by atoms with Crippen LogP contribution in [0.25, 0.3) is 0 Å². The number of nitriles is 1. The van der Waals surface area contributed by atoms with Crippen LogP contribution in [0, 0.1) is 21.4 Å². The average Bonchev–Trinajstić information content (AvgIpc) is 2.16. The average molecular weight is 234 g/mol. The molecular formula is C7H3N2NaO4S. The summed E-state index contributed by atoms with van der Waals surface area (Å²) < 4.78 is 21.2. The molecule has 0 heterocycles. The Morgan fingerprint density at radius 1 is 1.47 bits per heavy atom. The van der Waals surface area contributed by atoms with E-state index in [0.29, 0.717) is 0 Å². The van der Waals surface area contributed by atoms with Gasteiger partial charge in [0.1, 0.15) is 6.07 Å². The number of nitrogens with zero attached hydrogens (tertiary/aromatic N) is 2. The van der Waals surface area contributed by atoms with Gasteiger partial charge in [-0.25, -0.2) is 0 Å². The summed E-state index contributed by atoms with van der Waals surface area (Å²) in [5.41, 5.74) is -0.466. The molecular weight excluding hydrogens is 231 g/mol. The van der Waals surface area contributed by atoms with E-state index in [1.165, 1.54) is 0 Å². The fourth-order valence-corrected chi connectivity index (χ4v) is 1.37. The molecule has 0 aliphatic heterocycles. The molecule has 1 rings (SSSR count). The van der Waals surface area contributed by atoms with Gasteiger partial charge in [0.05, 0.1) is 10.5 Å². The van der Waals surface area contributed by atoms with E-state index in [-0.39, 0.29) is 45.7 Å². The molecule has 0 aliphatic rings. The number of nitro groups is 1. The fourth-order valence-electron chi connectivity index (χ4n) is 0.855. The Kier molecular flexibility index (Phi) is 5.64. The Morgan fingerprint density at radius 2 is 2.07 bits per heavy atom. The van der Waals surface area contributed by atoms with Crippen LogP contribution in [0.15, 0.2) is 23.1 Å². The number of hydrogen-bond acceptors (Lipinski definition) is 5. The first-order chi connectivity index (χ1) is 6.56. The first-order valence-electron chi connectivity index (χ1n) is 3.34. The van der Waals surface area contributed by atoms with E-state index in [2.05, 4.69) is 0 Å². The van der Waals surface area contributed by atoms with E-state index in [1.807, 2.05) is 0 Å². The van der Waals surface area contributed by atoms with Crippen LogP contribution in [0.5, 0.6) is 0 Å². The molecule has 1 aromatic carbocycles. The van der Waals surface area contributed by atoms with E-state index >= 15 is 0 Å². The van der Waals surface area contributed by atoms with E-state index < -0.39 is 16.0 Å². The second kappa shape index (κ2) is 5.95. The zero-order chi connectivity index (χ0) is 10.7. The summed E-state index contributed by atoms with van der Waals surface area (Å²) in [6.07, 6.45) is 0. The van der Waals surface area contributed by atoms with Gasteiger partial charge in [-0.1, -0.05) is 0 Å². The van der Waals surface area contributed by atoms with Gasteiger partial charge >= 0.3 is 29.6 Å². The normalized spacial score (nSPS) is 10.9. The third-order valence-electron chi connectivity index (χ3n) is 1.48. The molecule has 72 valence electrons. The van der Waals surface area contributed by atoms with E-state index in [1.54, 1.807) is 6.07 Å². The van der Waals surface area contributed by atoms with Crippen molar-refractivity contribution in [3.63, 3.8) is 0 Å². The summed E-state index contributed by atoms with van der Waals surface area (Å²) in [5, 5.41) is 18.8. The maximum absolute atomic E-state index is 10.6. The van der Waals surface area contributed by atoms with Crippen LogP contribution in [-0.2, 0) is 11.1 Å². The zero-order valence-electron chi connectivity index (χ0n) is 7.67. The SMILES string of the molecule is N#Cc1ccc([N+](=O)[O-])cc1S(=O)[O-].[Na+]. The van der Waals surface area contributed by atoms with Gasteiger partial charge in [-0.05, 0) is 17.1 Å². The Hall–Kier alpha value is -0.780. The number of non-ortho nitro benzene ring substituents is 1. The molecule has 1 atom stereocenters. The van der Waals surface area contributed by atoms with Gasteiger partial charge in [0, 0.05) is 17.0 Å². The molecule has 1 unspecified atom stereocenters. The van der Waals surface area contributed by atoms with Crippen molar-refractivity contribution in [1.29, 1.82) is 5.26 Å². The van der Waals surface area contributed by atoms with Crippen LogP contribution in [0.3, 0.4) is 0 Å². The number of hydrogen-bond donors (Lipinski definition) is 0. The second-order valence-corrected chi connectivity index (χ2v) is 3.19. The molecule has 1 aromatic rings. The summed E-state index contributed by atoms with van der Waals surface area (Å²) in [6.45, 7) is 0. The summed E-state index contributed by atoms with van der Waals surface area (Å²) in [6, 6.07) is 4.66. The second-order valence-electron chi connectivity index (χ2n) is 2.28. The van der Waals surface area contributed by atoms with Gasteiger partial charge in [0.2, 0.25) is 0 Å². The predicted molar refractivity (Wildman–Crippen MR) is 45.0 cm³/mol. The van der Waals surface area contributed by atoms with Crippen molar-refractivity contribution in [1.82, 2.24) is 0 Å². The van der Waals surface area contributed by atoms with Crippen molar-refractivity contribution in [2.24, 2.45) is 0 Å². The molecule has 15 heavy (non-hydrogen) atoms. The molecule has 0 amide bonds. The van der Waals surface area contributed by atoms with Crippen LogP contribution >= 0.6 is 0 Å². The molecule has 0 spiro atoms. The van der Waals surface area contributed by atoms with E-state index in [4.69, 9.17) is 5.26 Å². The fraction of sp³-hybridized carbons (Fsp3) is 0. The topological polar surface area (TPSA) is 107 Å². The first-order valence-corrected chi connectivity index (χ1v) is 4.41. The molecule has 0 aromatic heterocycles. The van der Waals surface area contributed by atoms with Crippen molar-refractivity contribution >= 4 is 16.8 Å². The van der Waals surface area contributed by atoms with Crippen molar-refractivity contribution in [3.8, 4) is 6.07 Å². The van der Waals surface area contributed by atoms with Crippen molar-refractivity contribution in [2.45, 2.75) is 4.90 Å². The molecule has 6 nitrogen and oxygen atoms in total. The predicted octanol–water partition coefficient (Wildman–Crippen LogP) is -2.29. The molecule has 0 bridgehead atoms. The zero-order valence-corrected chi connectivity index (χ0v) is 10.5. The Bertz CT molecular complexity index is 457. The summed E-state index contributed by atoms with van der Waals surface area (Å²) in [7, 11) is 0. The molecule has 0 saturated heterocycles. The minimum Gasteiger partial charge on any atom is -0.768 e. The Morgan fingerprint density at radius 3 is 2.47 bits per heavy atom. The van der Waals surface area contributed by atoms with Crippen molar-refractivity contribution in [2.75, 3.05) is 0 Å². The molecule has 0 saturated carbocycles. The van der Waals surface area contributed by atoms with Gasteiger partial charge in [0.25, 0.3) is 5.69 Å². The van der Waals surface area contributed by atoms with Gasteiger partial charge in [-0.3, -0.25) is 14.3 Å². The maximum Gasteiger partial charge on any atom is 1.00 e. The Labute approximate surface area is 110 Å². The third kappa shape index (κ3) is 3.37. The quantitative estimate of drug-likeness (QED) is 0.248. The first kappa shape index (κ1) is 14.2. The monoisotopic (exact) mass is 234 g/mol. The third-order valence-corrected chi connectivity index (χ3v) is 2.17. The minimum absolute atomic E-state index is 0. The van der Waals surface area contributed by atoms with Crippen LogP contribution in [0.1, 0.15) is 5.56 Å². The van der Waals surface area contributed by atoms with Gasteiger partial charge in [0.15, 0.2) is 0 Å². The van der Waals surface area contributed by atoms with Gasteiger partial charge in [-0.15, -0.1) is 0 Å². The van der Waals surface area contributed by atoms with Crippen LogP contribution in [-0.4, -0.2) is 13.7 Å². The van der Waals surface area contributed by atoms with Gasteiger partial charge < -0.3 is 4.55 Å².